The average Bonchev–Trinajstić information content (AvgIpc) is 2.21. The highest BCUT2D eigenvalue weighted by atomic mass is 16.1. The van der Waals surface area contributed by atoms with Crippen molar-refractivity contribution in [2.45, 2.75) is 40.5 Å². The van der Waals surface area contributed by atoms with Gasteiger partial charge in [0, 0.05) is 17.8 Å². The van der Waals surface area contributed by atoms with E-state index in [1.54, 1.807) is 12.1 Å². The van der Waals surface area contributed by atoms with E-state index in [-0.39, 0.29) is 23.5 Å². The van der Waals surface area contributed by atoms with Gasteiger partial charge in [0.15, 0.2) is 5.78 Å². The third kappa shape index (κ3) is 7.48. The second kappa shape index (κ2) is 8.44. The van der Waals surface area contributed by atoms with Crippen LogP contribution in [0.5, 0.6) is 0 Å². The van der Waals surface area contributed by atoms with Crippen molar-refractivity contribution in [3.63, 3.8) is 0 Å². The Morgan fingerprint density at radius 1 is 1.05 bits per heavy atom. The SMILES string of the molecule is CC1=CC(=O)CC(C)(C)C1.Cc1ccc(N)cc1N.N.N. The molecule has 5 heteroatoms. The van der Waals surface area contributed by atoms with Crippen LogP contribution in [0, 0.1) is 12.3 Å². The fraction of sp³-hybridized carbons (Fsp3) is 0.438. The largest absolute Gasteiger partial charge is 0.399 e. The lowest BCUT2D eigenvalue weighted by atomic mass is 9.77. The number of anilines is 2. The van der Waals surface area contributed by atoms with Crippen molar-refractivity contribution in [2.24, 2.45) is 5.41 Å². The smallest absolute Gasteiger partial charge is 0.156 e. The summed E-state index contributed by atoms with van der Waals surface area (Å²) in [5.41, 5.74) is 15.0. The molecule has 0 heterocycles. The van der Waals surface area contributed by atoms with Crippen molar-refractivity contribution in [2.75, 3.05) is 11.5 Å². The molecule has 0 saturated heterocycles. The molecule has 0 aromatic heterocycles. The molecule has 0 saturated carbocycles. The first-order valence-corrected chi connectivity index (χ1v) is 6.51. The van der Waals surface area contributed by atoms with Crippen LogP contribution in [0.15, 0.2) is 29.8 Å². The molecule has 1 aromatic rings. The predicted octanol–water partition coefficient (Wildman–Crippen LogP) is 3.81. The molecule has 0 fully saturated rings. The van der Waals surface area contributed by atoms with Gasteiger partial charge in [-0.25, -0.2) is 0 Å². The maximum Gasteiger partial charge on any atom is 0.156 e. The molecule has 0 bridgehead atoms. The second-order valence-electron chi connectivity index (χ2n) is 6.09. The standard InChI is InChI=1S/C9H14O.C7H10N2.2H3N/c1-7-4-8(10)6-9(2,3)5-7;1-5-2-3-6(8)4-7(5)9;;/h4H,5-6H2,1-3H3;2-4H,8-9H2,1H3;2*1H3. The van der Waals surface area contributed by atoms with Crippen molar-refractivity contribution >= 4 is 17.2 Å². The first-order chi connectivity index (χ1) is 8.69. The topological polar surface area (TPSA) is 139 Å². The summed E-state index contributed by atoms with van der Waals surface area (Å²) in [4.78, 5) is 11.0. The minimum atomic E-state index is 0. The summed E-state index contributed by atoms with van der Waals surface area (Å²) in [6, 6.07) is 5.51. The molecule has 21 heavy (non-hydrogen) atoms. The molecular formula is C16H30N4O. The Kier molecular flexibility index (Phi) is 8.62. The fourth-order valence-corrected chi connectivity index (χ4v) is 2.32. The van der Waals surface area contributed by atoms with Gasteiger partial charge in [0.2, 0.25) is 0 Å². The van der Waals surface area contributed by atoms with E-state index in [2.05, 4.69) is 13.8 Å². The molecule has 10 N–H and O–H groups in total. The summed E-state index contributed by atoms with van der Waals surface area (Å²) in [6.45, 7) is 8.26. The number of hydrogen-bond acceptors (Lipinski definition) is 5. The number of allylic oxidation sites excluding steroid dienone is 2. The van der Waals surface area contributed by atoms with Gasteiger partial charge in [0.1, 0.15) is 0 Å². The van der Waals surface area contributed by atoms with Crippen LogP contribution >= 0.6 is 0 Å². The Balaban J connectivity index is 0. The van der Waals surface area contributed by atoms with Crippen LogP contribution in [-0.2, 0) is 4.79 Å². The van der Waals surface area contributed by atoms with Crippen molar-refractivity contribution in [1.29, 1.82) is 0 Å². The Hall–Kier alpha value is -1.85. The lowest BCUT2D eigenvalue weighted by molar-refractivity contribution is -0.117. The number of carbonyl (C=O) groups excluding carboxylic acids is 1. The van der Waals surface area contributed by atoms with Gasteiger partial charge in [-0.05, 0) is 49.5 Å². The zero-order valence-electron chi connectivity index (χ0n) is 13.7. The van der Waals surface area contributed by atoms with E-state index in [9.17, 15) is 4.79 Å². The van der Waals surface area contributed by atoms with Crippen molar-refractivity contribution in [3.05, 3.63) is 35.4 Å². The molecule has 1 aliphatic rings. The van der Waals surface area contributed by atoms with E-state index >= 15 is 0 Å². The van der Waals surface area contributed by atoms with Gasteiger partial charge in [-0.15, -0.1) is 0 Å². The monoisotopic (exact) mass is 294 g/mol. The molecule has 1 aromatic carbocycles. The van der Waals surface area contributed by atoms with E-state index in [4.69, 9.17) is 11.5 Å². The van der Waals surface area contributed by atoms with Gasteiger partial charge >= 0.3 is 0 Å². The van der Waals surface area contributed by atoms with Gasteiger partial charge < -0.3 is 23.8 Å². The van der Waals surface area contributed by atoms with Crippen LogP contribution < -0.4 is 23.8 Å². The Morgan fingerprint density at radius 3 is 2.00 bits per heavy atom. The quantitative estimate of drug-likeness (QED) is 0.539. The number of nitrogen functional groups attached to an aromatic ring is 2. The van der Waals surface area contributed by atoms with Gasteiger partial charge in [-0.3, -0.25) is 4.79 Å². The number of benzene rings is 1. The van der Waals surface area contributed by atoms with Crippen molar-refractivity contribution in [1.82, 2.24) is 12.3 Å². The fourth-order valence-electron chi connectivity index (χ4n) is 2.32. The first kappa shape index (κ1) is 21.4. The maximum absolute atomic E-state index is 11.0. The van der Waals surface area contributed by atoms with Crippen LogP contribution in [0.2, 0.25) is 0 Å². The second-order valence-corrected chi connectivity index (χ2v) is 6.09. The molecule has 5 nitrogen and oxygen atoms in total. The number of aryl methyl sites for hydroxylation is 1. The zero-order chi connectivity index (χ0) is 14.6. The van der Waals surface area contributed by atoms with E-state index < -0.39 is 0 Å². The van der Waals surface area contributed by atoms with Gasteiger partial charge in [0.05, 0.1) is 0 Å². The number of carbonyl (C=O) groups is 1. The molecule has 120 valence electrons. The van der Waals surface area contributed by atoms with Crippen molar-refractivity contribution < 1.29 is 4.79 Å². The molecule has 2 rings (SSSR count). The molecule has 0 unspecified atom stereocenters. The number of rotatable bonds is 0. The molecule has 1 aliphatic carbocycles. The zero-order valence-corrected chi connectivity index (χ0v) is 13.7. The Labute approximate surface area is 128 Å². The van der Waals surface area contributed by atoms with Crippen LogP contribution in [0.4, 0.5) is 11.4 Å². The van der Waals surface area contributed by atoms with Gasteiger partial charge in [-0.1, -0.05) is 25.5 Å². The van der Waals surface area contributed by atoms with Gasteiger partial charge in [-0.2, -0.15) is 0 Å². The van der Waals surface area contributed by atoms with Crippen LogP contribution in [0.1, 0.15) is 39.2 Å². The van der Waals surface area contributed by atoms with E-state index in [1.807, 2.05) is 26.0 Å². The van der Waals surface area contributed by atoms with Gasteiger partial charge in [0.25, 0.3) is 0 Å². The van der Waals surface area contributed by atoms with E-state index in [0.717, 1.165) is 23.4 Å². The summed E-state index contributed by atoms with van der Waals surface area (Å²) in [7, 11) is 0. The number of hydrogen-bond donors (Lipinski definition) is 4. The predicted molar refractivity (Wildman–Crippen MR) is 91.8 cm³/mol. The number of nitrogens with two attached hydrogens (primary N) is 2. The third-order valence-electron chi connectivity index (χ3n) is 3.12. The summed E-state index contributed by atoms with van der Waals surface area (Å²) in [6.07, 6.45) is 3.55. The first-order valence-electron chi connectivity index (χ1n) is 6.51. The normalized spacial score (nSPS) is 15.6. The number of ketones is 1. The summed E-state index contributed by atoms with van der Waals surface area (Å²) in [5, 5.41) is 0. The van der Waals surface area contributed by atoms with Crippen molar-refractivity contribution in [3.8, 4) is 0 Å². The van der Waals surface area contributed by atoms with Crippen LogP contribution in [-0.4, -0.2) is 5.78 Å². The third-order valence-corrected chi connectivity index (χ3v) is 3.12. The Bertz CT molecular complexity index is 507. The van der Waals surface area contributed by atoms with E-state index in [0.29, 0.717) is 6.42 Å². The van der Waals surface area contributed by atoms with Crippen LogP contribution in [0.3, 0.4) is 0 Å². The lowest BCUT2D eigenvalue weighted by Gasteiger charge is -2.27. The summed E-state index contributed by atoms with van der Waals surface area (Å²) in [5.74, 6) is 0.286. The lowest BCUT2D eigenvalue weighted by Crippen LogP contribution is -2.20. The molecule has 0 aliphatic heterocycles. The van der Waals surface area contributed by atoms with Crippen LogP contribution in [0.25, 0.3) is 0 Å². The molecular weight excluding hydrogens is 264 g/mol. The summed E-state index contributed by atoms with van der Waals surface area (Å²) >= 11 is 0. The molecule has 0 amide bonds. The molecule has 0 atom stereocenters. The maximum atomic E-state index is 11.0. The highest BCUT2D eigenvalue weighted by molar-refractivity contribution is 5.91. The molecule has 0 radical (unpaired) electrons. The minimum Gasteiger partial charge on any atom is -0.399 e. The highest BCUT2D eigenvalue weighted by Gasteiger charge is 2.25. The molecule has 0 spiro atoms. The van der Waals surface area contributed by atoms with E-state index in [1.165, 1.54) is 5.57 Å². The Morgan fingerprint density at radius 2 is 1.62 bits per heavy atom. The summed E-state index contributed by atoms with van der Waals surface area (Å²) < 4.78 is 0. The minimum absolute atomic E-state index is 0. The highest BCUT2D eigenvalue weighted by Crippen LogP contribution is 2.32. The average molecular weight is 294 g/mol.